The van der Waals surface area contributed by atoms with E-state index < -0.39 is 6.03 Å². The maximum atomic E-state index is 14.0. The van der Waals surface area contributed by atoms with Crippen LogP contribution in [0, 0.1) is 5.82 Å². The van der Waals surface area contributed by atoms with Crippen LogP contribution in [0.5, 0.6) is 0 Å². The van der Waals surface area contributed by atoms with Gasteiger partial charge in [-0.2, -0.15) is 0 Å². The molecule has 0 radical (unpaired) electrons. The number of aromatic nitrogens is 1. The molecular weight excluding hydrogens is 373 g/mol. The molecule has 3 rings (SSSR count). The monoisotopic (exact) mass is 399 g/mol. The number of aryl methyl sites for hydroxylation is 1. The maximum Gasteiger partial charge on any atom is 0.323 e. The molecule has 0 spiro atoms. The number of nitrogens with one attached hydrogen (secondary N) is 2. The fourth-order valence-corrected chi connectivity index (χ4v) is 3.39. The van der Waals surface area contributed by atoms with E-state index in [1.165, 1.54) is 18.3 Å². The molecule has 0 atom stereocenters. The van der Waals surface area contributed by atoms with E-state index in [0.717, 1.165) is 44.7 Å². The van der Waals surface area contributed by atoms with Crippen molar-refractivity contribution < 1.29 is 14.0 Å². The van der Waals surface area contributed by atoms with Crippen molar-refractivity contribution in [2.24, 2.45) is 0 Å². The number of hydrogen-bond acceptors (Lipinski definition) is 4. The van der Waals surface area contributed by atoms with E-state index in [-0.39, 0.29) is 11.7 Å². The van der Waals surface area contributed by atoms with E-state index in [2.05, 4.69) is 20.5 Å². The number of benzene rings is 1. The van der Waals surface area contributed by atoms with E-state index >= 15 is 0 Å². The second-order valence-electron chi connectivity index (χ2n) is 7.12. The predicted molar refractivity (Wildman–Crippen MR) is 110 cm³/mol. The first kappa shape index (κ1) is 20.7. The standard InChI is InChI=1S/C21H26FN5O2/c1-16(28)27-10-8-26(9-11-27)7-3-4-17-12-18(22)14-20(13-17)25-21(29)24-19-5-2-6-23-15-19/h2,5-6,12-15H,3-4,7-11H2,1H3,(H2,24,25,29). The topological polar surface area (TPSA) is 77.6 Å². The Hall–Kier alpha value is -3.00. The lowest BCUT2D eigenvalue weighted by molar-refractivity contribution is -0.130. The first-order chi connectivity index (χ1) is 14.0. The molecule has 2 heterocycles. The van der Waals surface area contributed by atoms with Crippen LogP contribution in [0.4, 0.5) is 20.6 Å². The van der Waals surface area contributed by atoms with Crippen molar-refractivity contribution in [3.8, 4) is 0 Å². The smallest absolute Gasteiger partial charge is 0.323 e. The van der Waals surface area contributed by atoms with Gasteiger partial charge < -0.3 is 15.5 Å². The van der Waals surface area contributed by atoms with Crippen molar-refractivity contribution >= 4 is 23.3 Å². The Labute approximate surface area is 169 Å². The third-order valence-corrected chi connectivity index (χ3v) is 4.89. The second-order valence-corrected chi connectivity index (χ2v) is 7.12. The summed E-state index contributed by atoms with van der Waals surface area (Å²) in [5.41, 5.74) is 1.81. The third kappa shape index (κ3) is 6.53. The summed E-state index contributed by atoms with van der Waals surface area (Å²) in [6, 6.07) is 7.58. The lowest BCUT2D eigenvalue weighted by atomic mass is 10.1. The Morgan fingerprint density at radius 2 is 1.86 bits per heavy atom. The zero-order chi connectivity index (χ0) is 20.6. The summed E-state index contributed by atoms with van der Waals surface area (Å²) < 4.78 is 14.0. The molecule has 1 saturated heterocycles. The zero-order valence-electron chi connectivity index (χ0n) is 16.5. The SMILES string of the molecule is CC(=O)N1CCN(CCCc2cc(F)cc(NC(=O)Nc3cccnc3)c2)CC1. The van der Waals surface area contributed by atoms with E-state index in [0.29, 0.717) is 17.8 Å². The van der Waals surface area contributed by atoms with E-state index in [1.54, 1.807) is 31.3 Å². The van der Waals surface area contributed by atoms with Gasteiger partial charge in [0.1, 0.15) is 5.82 Å². The number of amides is 3. The minimum Gasteiger partial charge on any atom is -0.340 e. The number of nitrogens with zero attached hydrogens (tertiary/aromatic N) is 3. The number of rotatable bonds is 6. The summed E-state index contributed by atoms with van der Waals surface area (Å²) in [6.07, 6.45) is 4.74. The van der Waals surface area contributed by atoms with Crippen molar-refractivity contribution in [3.63, 3.8) is 0 Å². The van der Waals surface area contributed by atoms with Gasteiger partial charge in [0.15, 0.2) is 0 Å². The molecule has 154 valence electrons. The van der Waals surface area contributed by atoms with Crippen molar-refractivity contribution in [1.82, 2.24) is 14.8 Å². The summed E-state index contributed by atoms with van der Waals surface area (Å²) in [6.45, 7) is 5.74. The van der Waals surface area contributed by atoms with Gasteiger partial charge in [-0.3, -0.25) is 14.7 Å². The summed E-state index contributed by atoms with van der Waals surface area (Å²) in [4.78, 5) is 31.6. The molecular formula is C21H26FN5O2. The summed E-state index contributed by atoms with van der Waals surface area (Å²) in [5, 5.41) is 5.32. The van der Waals surface area contributed by atoms with Crippen LogP contribution in [0.15, 0.2) is 42.7 Å². The number of anilines is 2. The van der Waals surface area contributed by atoms with Crippen molar-refractivity contribution in [1.29, 1.82) is 0 Å². The molecule has 0 aliphatic carbocycles. The van der Waals surface area contributed by atoms with Crippen molar-refractivity contribution in [2.75, 3.05) is 43.4 Å². The fourth-order valence-electron chi connectivity index (χ4n) is 3.39. The van der Waals surface area contributed by atoms with Crippen LogP contribution in [0.2, 0.25) is 0 Å². The van der Waals surface area contributed by atoms with Crippen LogP contribution in [0.25, 0.3) is 0 Å². The van der Waals surface area contributed by atoms with E-state index in [1.807, 2.05) is 4.90 Å². The first-order valence-electron chi connectivity index (χ1n) is 9.75. The molecule has 1 fully saturated rings. The van der Waals surface area contributed by atoms with Crippen LogP contribution in [-0.2, 0) is 11.2 Å². The Kier molecular flexibility index (Phi) is 7.13. The number of urea groups is 1. The minimum absolute atomic E-state index is 0.122. The lowest BCUT2D eigenvalue weighted by Crippen LogP contribution is -2.48. The Bertz CT molecular complexity index is 838. The highest BCUT2D eigenvalue weighted by molar-refractivity contribution is 5.99. The molecule has 8 heteroatoms. The minimum atomic E-state index is -0.446. The van der Waals surface area contributed by atoms with Gasteiger partial charge >= 0.3 is 6.03 Å². The Morgan fingerprint density at radius 1 is 1.10 bits per heavy atom. The highest BCUT2D eigenvalue weighted by Crippen LogP contribution is 2.17. The average molecular weight is 399 g/mol. The zero-order valence-corrected chi connectivity index (χ0v) is 16.5. The van der Waals surface area contributed by atoms with E-state index in [4.69, 9.17) is 0 Å². The van der Waals surface area contributed by atoms with E-state index in [9.17, 15) is 14.0 Å². The fraction of sp³-hybridized carbons (Fsp3) is 0.381. The average Bonchev–Trinajstić information content (AvgIpc) is 2.68. The largest absolute Gasteiger partial charge is 0.340 e. The Balaban J connectivity index is 1.47. The molecule has 7 nitrogen and oxygen atoms in total. The predicted octanol–water partition coefficient (Wildman–Crippen LogP) is 2.96. The highest BCUT2D eigenvalue weighted by Gasteiger charge is 2.17. The first-order valence-corrected chi connectivity index (χ1v) is 9.75. The van der Waals surface area contributed by atoms with Crippen LogP contribution < -0.4 is 10.6 Å². The van der Waals surface area contributed by atoms with Crippen LogP contribution in [-0.4, -0.2) is 59.4 Å². The molecule has 1 aromatic carbocycles. The van der Waals surface area contributed by atoms with Gasteiger partial charge in [0.25, 0.3) is 0 Å². The van der Waals surface area contributed by atoms with Gasteiger partial charge in [0.05, 0.1) is 11.9 Å². The van der Waals surface area contributed by atoms with Gasteiger partial charge in [-0.05, 0) is 55.3 Å². The number of carbonyl (C=O) groups excluding carboxylic acids is 2. The summed E-state index contributed by atoms with van der Waals surface area (Å²) in [7, 11) is 0. The molecule has 1 aliphatic rings. The number of halogens is 1. The molecule has 0 unspecified atom stereocenters. The molecule has 29 heavy (non-hydrogen) atoms. The number of pyridine rings is 1. The molecule has 2 N–H and O–H groups in total. The van der Waals surface area contributed by atoms with Crippen LogP contribution in [0.1, 0.15) is 18.9 Å². The quantitative estimate of drug-likeness (QED) is 0.783. The lowest BCUT2D eigenvalue weighted by Gasteiger charge is -2.34. The van der Waals surface area contributed by atoms with Crippen molar-refractivity contribution in [2.45, 2.75) is 19.8 Å². The number of hydrogen-bond donors (Lipinski definition) is 2. The number of carbonyl (C=O) groups is 2. The van der Waals surface area contributed by atoms with Crippen molar-refractivity contribution in [3.05, 3.63) is 54.1 Å². The maximum absolute atomic E-state index is 14.0. The number of piperazine rings is 1. The normalized spacial score (nSPS) is 14.5. The molecule has 0 bridgehead atoms. The second kappa shape index (κ2) is 9.97. The summed E-state index contributed by atoms with van der Waals surface area (Å²) in [5.74, 6) is -0.258. The summed E-state index contributed by atoms with van der Waals surface area (Å²) >= 11 is 0. The highest BCUT2D eigenvalue weighted by atomic mass is 19.1. The third-order valence-electron chi connectivity index (χ3n) is 4.89. The van der Waals surface area contributed by atoms with Crippen LogP contribution in [0.3, 0.4) is 0 Å². The van der Waals surface area contributed by atoms with Gasteiger partial charge in [-0.1, -0.05) is 0 Å². The molecule has 0 saturated carbocycles. The van der Waals surface area contributed by atoms with Gasteiger partial charge in [-0.25, -0.2) is 9.18 Å². The molecule has 1 aliphatic heterocycles. The van der Waals surface area contributed by atoms with Crippen LogP contribution >= 0.6 is 0 Å². The van der Waals surface area contributed by atoms with Gasteiger partial charge in [0, 0.05) is 45.0 Å². The Morgan fingerprint density at radius 3 is 2.55 bits per heavy atom. The molecule has 3 amide bonds. The van der Waals surface area contributed by atoms with Gasteiger partial charge in [-0.15, -0.1) is 0 Å². The van der Waals surface area contributed by atoms with Gasteiger partial charge in [0.2, 0.25) is 5.91 Å². The molecule has 1 aromatic heterocycles. The molecule has 2 aromatic rings.